The summed E-state index contributed by atoms with van der Waals surface area (Å²) < 4.78 is 38.7. The van der Waals surface area contributed by atoms with Crippen LogP contribution in [-0.4, -0.2) is 48.8 Å². The Balaban J connectivity index is 1.53. The van der Waals surface area contributed by atoms with Crippen molar-refractivity contribution < 1.29 is 17.6 Å². The van der Waals surface area contributed by atoms with Crippen LogP contribution in [0.4, 0.5) is 15.8 Å². The van der Waals surface area contributed by atoms with Crippen molar-refractivity contribution in [2.45, 2.75) is 25.9 Å². The number of nitrogens with zero attached hydrogens (tertiary/aromatic N) is 2. The number of amidine groups is 1. The van der Waals surface area contributed by atoms with Crippen molar-refractivity contribution in [2.24, 2.45) is 4.99 Å². The van der Waals surface area contributed by atoms with Gasteiger partial charge in [-0.15, -0.1) is 0 Å². The zero-order valence-electron chi connectivity index (χ0n) is 16.6. The number of thioether (sulfide) groups is 1. The molecule has 9 heteroatoms. The molecule has 1 saturated heterocycles. The lowest BCUT2D eigenvalue weighted by Gasteiger charge is -2.26. The number of halogens is 1. The lowest BCUT2D eigenvalue weighted by Crippen LogP contribution is -2.40. The Kier molecular flexibility index (Phi) is 5.59. The number of amides is 1. The SMILES string of the molecule is Cc1cccc(C)c1NC(=O)CSC1=N[C@@H]2CS(=O)(=O)C[C@@H]2N1c1ccccc1F. The van der Waals surface area contributed by atoms with Gasteiger partial charge in [-0.05, 0) is 37.1 Å². The monoisotopic (exact) mass is 447 g/mol. The van der Waals surface area contributed by atoms with Crippen LogP contribution in [0.1, 0.15) is 11.1 Å². The van der Waals surface area contributed by atoms with Crippen molar-refractivity contribution >= 4 is 44.0 Å². The smallest absolute Gasteiger partial charge is 0.234 e. The van der Waals surface area contributed by atoms with Crippen LogP contribution in [0.3, 0.4) is 0 Å². The van der Waals surface area contributed by atoms with E-state index in [1.807, 2.05) is 32.0 Å². The van der Waals surface area contributed by atoms with E-state index in [-0.39, 0.29) is 28.9 Å². The zero-order valence-corrected chi connectivity index (χ0v) is 18.3. The summed E-state index contributed by atoms with van der Waals surface area (Å²) in [4.78, 5) is 18.7. The van der Waals surface area contributed by atoms with E-state index >= 15 is 0 Å². The molecule has 1 N–H and O–H groups in total. The maximum atomic E-state index is 14.5. The van der Waals surface area contributed by atoms with Crippen molar-refractivity contribution in [1.82, 2.24) is 0 Å². The molecule has 30 heavy (non-hydrogen) atoms. The number of anilines is 2. The molecular formula is C21H22FN3O3S2. The number of fused-ring (bicyclic) bond motifs is 1. The summed E-state index contributed by atoms with van der Waals surface area (Å²) in [6.45, 7) is 3.86. The van der Waals surface area contributed by atoms with E-state index in [2.05, 4.69) is 10.3 Å². The van der Waals surface area contributed by atoms with E-state index in [9.17, 15) is 17.6 Å². The molecule has 158 valence electrons. The summed E-state index contributed by atoms with van der Waals surface area (Å²) in [6, 6.07) is 11.1. The van der Waals surface area contributed by atoms with Gasteiger partial charge < -0.3 is 10.2 Å². The fourth-order valence-electron chi connectivity index (χ4n) is 3.88. The Bertz CT molecular complexity index is 1110. The highest BCUT2D eigenvalue weighted by Gasteiger charge is 2.47. The van der Waals surface area contributed by atoms with Crippen LogP contribution in [-0.2, 0) is 14.6 Å². The fourth-order valence-corrected chi connectivity index (χ4v) is 6.64. The molecule has 0 aromatic heterocycles. The van der Waals surface area contributed by atoms with E-state index in [0.717, 1.165) is 16.8 Å². The molecule has 0 saturated carbocycles. The van der Waals surface area contributed by atoms with Crippen LogP contribution >= 0.6 is 11.8 Å². The van der Waals surface area contributed by atoms with E-state index in [0.29, 0.717) is 5.17 Å². The average molecular weight is 448 g/mol. The molecule has 1 amide bonds. The highest BCUT2D eigenvalue weighted by molar-refractivity contribution is 8.14. The maximum absolute atomic E-state index is 14.5. The fraction of sp³-hybridized carbons (Fsp3) is 0.333. The first-order valence-electron chi connectivity index (χ1n) is 9.56. The standard InChI is InChI=1S/C21H22FN3O3S2/c1-13-6-5-7-14(2)20(13)24-19(26)10-29-21-23-16-11-30(27,28)12-18(16)25(21)17-9-4-3-8-15(17)22/h3-9,16,18H,10-12H2,1-2H3,(H,24,26)/t16-,18+/m1/s1. The first kappa shape index (κ1) is 20.9. The van der Waals surface area contributed by atoms with Crippen molar-refractivity contribution in [2.75, 3.05) is 27.5 Å². The van der Waals surface area contributed by atoms with Crippen molar-refractivity contribution in [3.63, 3.8) is 0 Å². The summed E-state index contributed by atoms with van der Waals surface area (Å²) in [7, 11) is -3.22. The third-order valence-corrected chi connectivity index (χ3v) is 7.96. The molecule has 2 aromatic rings. The van der Waals surface area contributed by atoms with E-state index in [1.165, 1.54) is 17.8 Å². The topological polar surface area (TPSA) is 78.8 Å². The van der Waals surface area contributed by atoms with E-state index in [1.54, 1.807) is 23.1 Å². The van der Waals surface area contributed by atoms with Crippen LogP contribution in [0.5, 0.6) is 0 Å². The summed E-state index contributed by atoms with van der Waals surface area (Å²) in [5.74, 6) is -0.687. The Morgan fingerprint density at radius 1 is 1.17 bits per heavy atom. The quantitative estimate of drug-likeness (QED) is 0.779. The molecule has 0 radical (unpaired) electrons. The first-order valence-corrected chi connectivity index (χ1v) is 12.4. The lowest BCUT2D eigenvalue weighted by molar-refractivity contribution is -0.113. The van der Waals surface area contributed by atoms with Gasteiger partial charge in [-0.1, -0.05) is 42.1 Å². The largest absolute Gasteiger partial charge is 0.325 e. The predicted molar refractivity (Wildman–Crippen MR) is 120 cm³/mol. The van der Waals surface area contributed by atoms with Crippen LogP contribution in [0.25, 0.3) is 0 Å². The van der Waals surface area contributed by atoms with Crippen LogP contribution in [0.2, 0.25) is 0 Å². The third-order valence-electron chi connectivity index (χ3n) is 5.30. The van der Waals surface area contributed by atoms with Gasteiger partial charge in [0.25, 0.3) is 0 Å². The van der Waals surface area contributed by atoms with Crippen molar-refractivity contribution in [3.8, 4) is 0 Å². The van der Waals surface area contributed by atoms with Gasteiger partial charge >= 0.3 is 0 Å². The minimum atomic E-state index is -3.22. The summed E-state index contributed by atoms with van der Waals surface area (Å²) >= 11 is 1.19. The molecule has 2 aliphatic heterocycles. The molecule has 2 atom stereocenters. The number of para-hydroxylation sites is 2. The Morgan fingerprint density at radius 2 is 1.87 bits per heavy atom. The highest BCUT2D eigenvalue weighted by Crippen LogP contribution is 2.36. The normalized spacial score (nSPS) is 22.0. The number of nitrogens with one attached hydrogen (secondary N) is 1. The minimum absolute atomic E-state index is 0.0543. The Hall–Kier alpha value is -2.39. The van der Waals surface area contributed by atoms with Gasteiger partial charge in [-0.2, -0.15) is 0 Å². The number of aryl methyl sites for hydroxylation is 2. The number of carbonyl (C=O) groups excluding carboxylic acids is 1. The molecule has 0 spiro atoms. The first-order chi connectivity index (χ1) is 14.2. The van der Waals surface area contributed by atoms with Crippen LogP contribution in [0, 0.1) is 19.7 Å². The van der Waals surface area contributed by atoms with Gasteiger partial charge in [0, 0.05) is 5.69 Å². The van der Waals surface area contributed by atoms with Gasteiger partial charge in [0.1, 0.15) is 5.82 Å². The molecular weight excluding hydrogens is 425 g/mol. The summed E-state index contributed by atoms with van der Waals surface area (Å²) in [5, 5.41) is 3.40. The Morgan fingerprint density at radius 3 is 2.57 bits per heavy atom. The molecule has 6 nitrogen and oxygen atoms in total. The van der Waals surface area contributed by atoms with Crippen LogP contribution in [0.15, 0.2) is 47.5 Å². The molecule has 0 bridgehead atoms. The van der Waals surface area contributed by atoms with E-state index in [4.69, 9.17) is 0 Å². The molecule has 0 unspecified atom stereocenters. The van der Waals surface area contributed by atoms with Gasteiger partial charge in [0.05, 0.1) is 35.0 Å². The minimum Gasteiger partial charge on any atom is -0.325 e. The molecule has 0 aliphatic carbocycles. The van der Waals surface area contributed by atoms with Crippen molar-refractivity contribution in [3.05, 3.63) is 59.4 Å². The number of benzene rings is 2. The number of aliphatic imine (C=N–C) groups is 1. The number of hydrogen-bond donors (Lipinski definition) is 1. The average Bonchev–Trinajstić information content (AvgIpc) is 3.15. The molecule has 4 rings (SSSR count). The second kappa shape index (κ2) is 8.03. The van der Waals surface area contributed by atoms with Gasteiger partial charge in [-0.3, -0.25) is 9.79 Å². The number of sulfone groups is 1. The molecule has 1 fully saturated rings. The van der Waals surface area contributed by atoms with Gasteiger partial charge in [-0.25, -0.2) is 12.8 Å². The van der Waals surface area contributed by atoms with E-state index < -0.39 is 27.7 Å². The van der Waals surface area contributed by atoms with Crippen LogP contribution < -0.4 is 10.2 Å². The second-order valence-electron chi connectivity index (χ2n) is 7.55. The maximum Gasteiger partial charge on any atom is 0.234 e. The summed E-state index contributed by atoms with van der Waals surface area (Å²) in [6.07, 6.45) is 0. The third kappa shape index (κ3) is 4.09. The lowest BCUT2D eigenvalue weighted by atomic mass is 10.1. The number of rotatable bonds is 4. The van der Waals surface area contributed by atoms with Gasteiger partial charge in [0.15, 0.2) is 15.0 Å². The predicted octanol–water partition coefficient (Wildman–Crippen LogP) is 3.16. The molecule has 2 aromatic carbocycles. The molecule has 2 aliphatic rings. The number of hydrogen-bond acceptors (Lipinski definition) is 6. The second-order valence-corrected chi connectivity index (χ2v) is 10.6. The van der Waals surface area contributed by atoms with Gasteiger partial charge in [0.2, 0.25) is 5.91 Å². The zero-order chi connectivity index (χ0) is 21.5. The Labute approximate surface area is 179 Å². The number of carbonyl (C=O) groups is 1. The van der Waals surface area contributed by atoms with Crippen molar-refractivity contribution in [1.29, 1.82) is 0 Å². The highest BCUT2D eigenvalue weighted by atomic mass is 32.2. The molecule has 2 heterocycles. The summed E-state index contributed by atoms with van der Waals surface area (Å²) in [5.41, 5.74) is 3.01.